The molecule has 6 nitrogen and oxygen atoms in total. The van der Waals surface area contributed by atoms with Crippen LogP contribution in [0.1, 0.15) is 17.2 Å². The second-order valence-corrected chi connectivity index (χ2v) is 10.4. The number of fused-ring (bicyclic) bond motifs is 1. The zero-order chi connectivity index (χ0) is 21.3. The molecule has 0 aliphatic carbocycles. The Morgan fingerprint density at radius 1 is 1.00 bits per heavy atom. The van der Waals surface area contributed by atoms with Crippen LogP contribution in [-0.4, -0.2) is 71.6 Å². The first-order valence-corrected chi connectivity index (χ1v) is 12.2. The van der Waals surface area contributed by atoms with Crippen molar-refractivity contribution in [1.82, 2.24) is 14.5 Å². The van der Waals surface area contributed by atoms with Gasteiger partial charge in [0.05, 0.1) is 4.90 Å². The molecule has 0 unspecified atom stereocenters. The molecule has 1 N–H and O–H groups in total. The summed E-state index contributed by atoms with van der Waals surface area (Å²) < 4.78 is 28.6. The molecule has 0 saturated carbocycles. The van der Waals surface area contributed by atoms with E-state index in [4.69, 9.17) is 11.6 Å². The zero-order valence-corrected chi connectivity index (χ0v) is 19.1. The number of hydrogen-bond donors (Lipinski definition) is 1. The van der Waals surface area contributed by atoms with Crippen LogP contribution in [0, 0.1) is 0 Å². The number of rotatable bonds is 6. The van der Waals surface area contributed by atoms with Crippen LogP contribution >= 0.6 is 11.6 Å². The highest BCUT2D eigenvalue weighted by atomic mass is 35.5. The van der Waals surface area contributed by atoms with Gasteiger partial charge in [-0.25, -0.2) is 13.1 Å². The maximum absolute atomic E-state index is 12.9. The van der Waals surface area contributed by atoms with E-state index in [2.05, 4.69) is 51.7 Å². The molecule has 0 aromatic heterocycles. The number of halogens is 1. The minimum atomic E-state index is -3.60. The SMILES string of the molecule is CN1CCN([C@@H](CNS(=O)(=O)c2ccc(Cl)cc2)c2ccc3c(c2)CCN3C)CC1. The van der Waals surface area contributed by atoms with Crippen LogP contribution in [0.4, 0.5) is 5.69 Å². The standard InChI is InChI=1S/C22H29ClN4O2S/c1-25-11-13-27(14-12-25)22(17-3-8-21-18(15-17)9-10-26(21)2)16-24-30(28,29)20-6-4-19(23)5-7-20/h3-8,15,22,24H,9-14,16H2,1-2H3/t22-/m0/s1. The second-order valence-electron chi connectivity index (χ2n) is 8.22. The number of hydrogen-bond acceptors (Lipinski definition) is 5. The number of benzene rings is 2. The van der Waals surface area contributed by atoms with E-state index in [1.165, 1.54) is 16.8 Å². The topological polar surface area (TPSA) is 55.9 Å². The largest absolute Gasteiger partial charge is 0.374 e. The number of sulfonamides is 1. The van der Waals surface area contributed by atoms with E-state index in [0.29, 0.717) is 11.6 Å². The summed E-state index contributed by atoms with van der Waals surface area (Å²) in [5.41, 5.74) is 3.79. The van der Waals surface area contributed by atoms with Gasteiger partial charge in [-0.05, 0) is 54.9 Å². The van der Waals surface area contributed by atoms with Crippen molar-refractivity contribution < 1.29 is 8.42 Å². The van der Waals surface area contributed by atoms with E-state index in [0.717, 1.165) is 39.1 Å². The number of anilines is 1. The second kappa shape index (κ2) is 8.85. The van der Waals surface area contributed by atoms with Gasteiger partial charge in [-0.15, -0.1) is 0 Å². The van der Waals surface area contributed by atoms with Crippen molar-refractivity contribution in [3.8, 4) is 0 Å². The third-order valence-electron chi connectivity index (χ3n) is 6.19. The maximum atomic E-state index is 12.9. The Morgan fingerprint density at radius 2 is 1.70 bits per heavy atom. The van der Waals surface area contributed by atoms with Gasteiger partial charge >= 0.3 is 0 Å². The summed E-state index contributed by atoms with van der Waals surface area (Å²) in [6.45, 7) is 5.16. The van der Waals surface area contributed by atoms with E-state index in [1.807, 2.05) is 0 Å². The predicted octanol–water partition coefficient (Wildman–Crippen LogP) is 2.60. The van der Waals surface area contributed by atoms with Crippen molar-refractivity contribution in [2.45, 2.75) is 17.4 Å². The number of piperazine rings is 1. The van der Waals surface area contributed by atoms with Crippen LogP contribution in [0.5, 0.6) is 0 Å². The molecule has 0 radical (unpaired) electrons. The third kappa shape index (κ3) is 4.65. The summed E-state index contributed by atoms with van der Waals surface area (Å²) in [7, 11) is 0.637. The van der Waals surface area contributed by atoms with Crippen LogP contribution in [0.2, 0.25) is 5.02 Å². The number of nitrogens with one attached hydrogen (secondary N) is 1. The molecule has 2 aliphatic rings. The van der Waals surface area contributed by atoms with Crippen LogP contribution in [0.15, 0.2) is 47.4 Å². The summed E-state index contributed by atoms with van der Waals surface area (Å²) >= 11 is 5.91. The van der Waals surface area contributed by atoms with Gasteiger partial charge in [0, 0.05) is 63.1 Å². The smallest absolute Gasteiger partial charge is 0.240 e. The highest BCUT2D eigenvalue weighted by Gasteiger charge is 2.27. The number of nitrogens with zero attached hydrogens (tertiary/aromatic N) is 3. The highest BCUT2D eigenvalue weighted by molar-refractivity contribution is 7.89. The lowest BCUT2D eigenvalue weighted by Crippen LogP contribution is -2.48. The van der Waals surface area contributed by atoms with E-state index in [9.17, 15) is 8.42 Å². The Bertz CT molecular complexity index is 989. The fourth-order valence-corrected chi connectivity index (χ4v) is 5.44. The molecule has 30 heavy (non-hydrogen) atoms. The van der Waals surface area contributed by atoms with Gasteiger partial charge in [-0.2, -0.15) is 0 Å². The van der Waals surface area contributed by atoms with Crippen LogP contribution in [0.3, 0.4) is 0 Å². The first-order chi connectivity index (χ1) is 14.3. The molecule has 1 fully saturated rings. The van der Waals surface area contributed by atoms with Crippen molar-refractivity contribution in [3.63, 3.8) is 0 Å². The van der Waals surface area contributed by atoms with Gasteiger partial charge in [0.25, 0.3) is 0 Å². The van der Waals surface area contributed by atoms with Gasteiger partial charge in [0.15, 0.2) is 0 Å². The quantitative estimate of drug-likeness (QED) is 0.736. The summed E-state index contributed by atoms with van der Waals surface area (Å²) in [6, 6.07) is 12.9. The van der Waals surface area contributed by atoms with Gasteiger partial charge in [0.1, 0.15) is 0 Å². The molecule has 4 rings (SSSR count). The molecular formula is C22H29ClN4O2S. The summed E-state index contributed by atoms with van der Waals surface area (Å²) in [5.74, 6) is 0. The Morgan fingerprint density at radius 3 is 2.40 bits per heavy atom. The first-order valence-electron chi connectivity index (χ1n) is 10.4. The third-order valence-corrected chi connectivity index (χ3v) is 7.88. The molecule has 2 heterocycles. The summed E-state index contributed by atoms with van der Waals surface area (Å²) in [5, 5.41) is 0.521. The van der Waals surface area contributed by atoms with Crippen molar-refractivity contribution in [3.05, 3.63) is 58.6 Å². The first kappa shape index (κ1) is 21.6. The summed E-state index contributed by atoms with van der Waals surface area (Å²) in [6.07, 6.45) is 1.03. The maximum Gasteiger partial charge on any atom is 0.240 e. The monoisotopic (exact) mass is 448 g/mol. The molecule has 2 aliphatic heterocycles. The molecule has 8 heteroatoms. The lowest BCUT2D eigenvalue weighted by molar-refractivity contribution is 0.113. The minimum Gasteiger partial charge on any atom is -0.374 e. The van der Waals surface area contributed by atoms with Gasteiger partial charge in [-0.3, -0.25) is 4.90 Å². The van der Waals surface area contributed by atoms with Crippen molar-refractivity contribution in [2.75, 3.05) is 58.3 Å². The average molecular weight is 449 g/mol. The highest BCUT2D eigenvalue weighted by Crippen LogP contribution is 2.31. The molecule has 162 valence electrons. The molecule has 0 spiro atoms. The molecule has 1 atom stereocenters. The predicted molar refractivity (Wildman–Crippen MR) is 122 cm³/mol. The van der Waals surface area contributed by atoms with Gasteiger partial charge in [0.2, 0.25) is 10.0 Å². The molecule has 0 amide bonds. The normalized spacial score (nSPS) is 19.1. The lowest BCUT2D eigenvalue weighted by Gasteiger charge is -2.38. The van der Waals surface area contributed by atoms with Crippen LogP contribution in [0.25, 0.3) is 0 Å². The Labute approximate surface area is 184 Å². The van der Waals surface area contributed by atoms with Gasteiger partial charge in [-0.1, -0.05) is 23.7 Å². The van der Waals surface area contributed by atoms with E-state index in [-0.39, 0.29) is 10.9 Å². The Hall–Kier alpha value is -1.64. The Balaban J connectivity index is 1.57. The van der Waals surface area contributed by atoms with Crippen molar-refractivity contribution >= 4 is 27.3 Å². The fraction of sp³-hybridized carbons (Fsp3) is 0.455. The minimum absolute atomic E-state index is 0.00280. The molecular weight excluding hydrogens is 420 g/mol. The van der Waals surface area contributed by atoms with E-state index in [1.54, 1.807) is 24.3 Å². The average Bonchev–Trinajstić information content (AvgIpc) is 3.10. The van der Waals surface area contributed by atoms with Gasteiger partial charge < -0.3 is 9.80 Å². The van der Waals surface area contributed by atoms with Crippen molar-refractivity contribution in [1.29, 1.82) is 0 Å². The molecule has 1 saturated heterocycles. The van der Waals surface area contributed by atoms with Crippen LogP contribution in [-0.2, 0) is 16.4 Å². The molecule has 0 bridgehead atoms. The van der Waals surface area contributed by atoms with Crippen molar-refractivity contribution in [2.24, 2.45) is 0 Å². The van der Waals surface area contributed by atoms with E-state index < -0.39 is 10.0 Å². The summed E-state index contributed by atoms with van der Waals surface area (Å²) in [4.78, 5) is 7.21. The number of likely N-dealkylation sites (N-methyl/N-ethyl adjacent to an activating group) is 2. The molecule has 2 aromatic rings. The lowest BCUT2D eigenvalue weighted by atomic mass is 10.0. The fourth-order valence-electron chi connectivity index (χ4n) is 4.27. The van der Waals surface area contributed by atoms with E-state index >= 15 is 0 Å². The van der Waals surface area contributed by atoms with Crippen LogP contribution < -0.4 is 9.62 Å². The molecule has 2 aromatic carbocycles. The Kier molecular flexibility index (Phi) is 6.36. The zero-order valence-electron chi connectivity index (χ0n) is 17.5.